The minimum Gasteiger partial charge on any atom is -0.469 e. The van der Waals surface area contributed by atoms with Crippen LogP contribution in [0.4, 0.5) is 0 Å². The number of ether oxygens (including phenoxy) is 1. The Bertz CT molecular complexity index is 567. The molecule has 3 rings (SSSR count). The van der Waals surface area contributed by atoms with E-state index in [-0.39, 0.29) is 23.8 Å². The minimum absolute atomic E-state index is 0.156. The Morgan fingerprint density at radius 1 is 1.18 bits per heavy atom. The Morgan fingerprint density at radius 2 is 2.00 bits per heavy atom. The van der Waals surface area contributed by atoms with Crippen molar-refractivity contribution in [2.45, 2.75) is 57.4 Å². The normalized spacial score (nSPS) is 24.4. The molecular formula is C16H23N3O3. The standard InChI is InChI=1S/C16H23N3O3/c1-22-16(21)11-6-3-2-4-8-12(11)17-15(20)14-10-7-5-9-13(10)18-19-14/h11-12H,2-9H2,1H3,(H,17,20)(H,18,19). The molecule has 0 saturated heterocycles. The number of carbonyl (C=O) groups is 2. The lowest BCUT2D eigenvalue weighted by atomic mass is 9.94. The Balaban J connectivity index is 1.74. The van der Waals surface area contributed by atoms with Crippen LogP contribution in [0.15, 0.2) is 0 Å². The van der Waals surface area contributed by atoms with Gasteiger partial charge in [0.25, 0.3) is 5.91 Å². The molecule has 2 atom stereocenters. The number of fused-ring (bicyclic) bond motifs is 1. The van der Waals surface area contributed by atoms with Crippen LogP contribution in [-0.2, 0) is 22.4 Å². The Hall–Kier alpha value is -1.85. The molecule has 2 unspecified atom stereocenters. The Labute approximate surface area is 130 Å². The van der Waals surface area contributed by atoms with E-state index in [0.29, 0.717) is 5.69 Å². The molecule has 0 spiro atoms. The lowest BCUT2D eigenvalue weighted by Crippen LogP contribution is -2.43. The first-order chi connectivity index (χ1) is 10.7. The predicted molar refractivity (Wildman–Crippen MR) is 80.5 cm³/mol. The monoisotopic (exact) mass is 305 g/mol. The number of hydrogen-bond acceptors (Lipinski definition) is 4. The van der Waals surface area contributed by atoms with Crippen molar-refractivity contribution in [2.24, 2.45) is 5.92 Å². The zero-order chi connectivity index (χ0) is 15.5. The number of aryl methyl sites for hydroxylation is 1. The van der Waals surface area contributed by atoms with Gasteiger partial charge in [-0.2, -0.15) is 5.10 Å². The maximum absolute atomic E-state index is 12.6. The first-order valence-electron chi connectivity index (χ1n) is 8.15. The summed E-state index contributed by atoms with van der Waals surface area (Å²) in [5.41, 5.74) is 2.62. The van der Waals surface area contributed by atoms with E-state index in [1.54, 1.807) is 0 Å². The zero-order valence-electron chi connectivity index (χ0n) is 13.0. The molecule has 1 heterocycles. The second-order valence-corrected chi connectivity index (χ2v) is 6.23. The molecule has 2 aliphatic carbocycles. The van der Waals surface area contributed by atoms with Gasteiger partial charge in [0, 0.05) is 17.3 Å². The summed E-state index contributed by atoms with van der Waals surface area (Å²) in [6.07, 6.45) is 7.65. The molecule has 0 bridgehead atoms. The summed E-state index contributed by atoms with van der Waals surface area (Å²) < 4.78 is 4.91. The van der Waals surface area contributed by atoms with Crippen molar-refractivity contribution in [1.82, 2.24) is 15.5 Å². The molecule has 6 heteroatoms. The van der Waals surface area contributed by atoms with Crippen molar-refractivity contribution in [2.75, 3.05) is 7.11 Å². The van der Waals surface area contributed by atoms with Crippen molar-refractivity contribution in [3.05, 3.63) is 17.0 Å². The molecule has 2 N–H and O–H groups in total. The molecule has 0 radical (unpaired) electrons. The number of aromatic nitrogens is 2. The number of nitrogens with one attached hydrogen (secondary N) is 2. The summed E-state index contributed by atoms with van der Waals surface area (Å²) in [4.78, 5) is 24.5. The fourth-order valence-electron chi connectivity index (χ4n) is 3.66. The number of amides is 1. The van der Waals surface area contributed by atoms with Crippen molar-refractivity contribution < 1.29 is 14.3 Å². The van der Waals surface area contributed by atoms with Crippen LogP contribution >= 0.6 is 0 Å². The molecule has 1 aromatic heterocycles. The fourth-order valence-corrected chi connectivity index (χ4v) is 3.66. The maximum Gasteiger partial charge on any atom is 0.310 e. The predicted octanol–water partition coefficient (Wildman–Crippen LogP) is 1.75. The van der Waals surface area contributed by atoms with Gasteiger partial charge in [0.1, 0.15) is 0 Å². The Kier molecular flexibility index (Phi) is 4.45. The van der Waals surface area contributed by atoms with Gasteiger partial charge in [0.05, 0.1) is 13.0 Å². The zero-order valence-corrected chi connectivity index (χ0v) is 13.0. The number of rotatable bonds is 3. The first-order valence-corrected chi connectivity index (χ1v) is 8.15. The fraction of sp³-hybridized carbons (Fsp3) is 0.688. The van der Waals surface area contributed by atoms with Gasteiger partial charge in [0.15, 0.2) is 5.69 Å². The summed E-state index contributed by atoms with van der Waals surface area (Å²) in [6.45, 7) is 0. The highest BCUT2D eigenvalue weighted by atomic mass is 16.5. The second-order valence-electron chi connectivity index (χ2n) is 6.23. The summed E-state index contributed by atoms with van der Waals surface area (Å²) in [5.74, 6) is -0.636. The third-order valence-corrected chi connectivity index (χ3v) is 4.86. The van der Waals surface area contributed by atoms with Crippen LogP contribution in [0, 0.1) is 5.92 Å². The van der Waals surface area contributed by atoms with E-state index in [1.807, 2.05) is 0 Å². The highest BCUT2D eigenvalue weighted by molar-refractivity contribution is 5.94. The van der Waals surface area contributed by atoms with E-state index in [0.717, 1.165) is 62.6 Å². The molecule has 120 valence electrons. The summed E-state index contributed by atoms with van der Waals surface area (Å²) >= 11 is 0. The van der Waals surface area contributed by atoms with Gasteiger partial charge in [-0.25, -0.2) is 0 Å². The first kappa shape index (κ1) is 15.1. The van der Waals surface area contributed by atoms with Gasteiger partial charge >= 0.3 is 5.97 Å². The third-order valence-electron chi connectivity index (χ3n) is 4.86. The topological polar surface area (TPSA) is 84.1 Å². The van der Waals surface area contributed by atoms with Crippen LogP contribution in [-0.4, -0.2) is 35.2 Å². The summed E-state index contributed by atoms with van der Waals surface area (Å²) in [5, 5.41) is 10.2. The summed E-state index contributed by atoms with van der Waals surface area (Å²) in [7, 11) is 1.41. The minimum atomic E-state index is -0.247. The van der Waals surface area contributed by atoms with Crippen molar-refractivity contribution in [1.29, 1.82) is 0 Å². The smallest absolute Gasteiger partial charge is 0.310 e. The van der Waals surface area contributed by atoms with Gasteiger partial charge in [0.2, 0.25) is 0 Å². The molecule has 1 saturated carbocycles. The van der Waals surface area contributed by atoms with Crippen molar-refractivity contribution in [3.63, 3.8) is 0 Å². The van der Waals surface area contributed by atoms with E-state index in [9.17, 15) is 9.59 Å². The van der Waals surface area contributed by atoms with E-state index in [1.165, 1.54) is 7.11 Å². The number of H-pyrrole nitrogens is 1. The third kappa shape index (κ3) is 2.87. The highest BCUT2D eigenvalue weighted by Gasteiger charge is 2.33. The average Bonchev–Trinajstić information content (AvgIpc) is 3.05. The van der Waals surface area contributed by atoms with Gasteiger partial charge in [-0.1, -0.05) is 19.3 Å². The van der Waals surface area contributed by atoms with Crippen LogP contribution in [0.1, 0.15) is 60.3 Å². The lowest BCUT2D eigenvalue weighted by Gasteiger charge is -2.23. The van der Waals surface area contributed by atoms with Crippen LogP contribution in [0.2, 0.25) is 0 Å². The van der Waals surface area contributed by atoms with Crippen molar-refractivity contribution in [3.8, 4) is 0 Å². The van der Waals surface area contributed by atoms with Gasteiger partial charge in [-0.3, -0.25) is 14.7 Å². The molecular weight excluding hydrogens is 282 g/mol. The molecule has 1 aromatic rings. The maximum atomic E-state index is 12.6. The molecule has 1 fully saturated rings. The van der Waals surface area contributed by atoms with E-state index < -0.39 is 0 Å². The van der Waals surface area contributed by atoms with Crippen LogP contribution in [0.25, 0.3) is 0 Å². The molecule has 22 heavy (non-hydrogen) atoms. The van der Waals surface area contributed by atoms with E-state index in [4.69, 9.17) is 4.74 Å². The number of methoxy groups -OCH3 is 1. The van der Waals surface area contributed by atoms with Gasteiger partial charge in [-0.15, -0.1) is 0 Å². The average molecular weight is 305 g/mol. The number of esters is 1. The number of aromatic amines is 1. The van der Waals surface area contributed by atoms with Gasteiger partial charge in [-0.05, 0) is 32.1 Å². The number of carbonyl (C=O) groups excluding carboxylic acids is 2. The number of hydrogen-bond donors (Lipinski definition) is 2. The molecule has 2 aliphatic rings. The second kappa shape index (κ2) is 6.50. The molecule has 1 amide bonds. The molecule has 0 aliphatic heterocycles. The summed E-state index contributed by atoms with van der Waals surface area (Å²) in [6, 6.07) is -0.156. The number of nitrogens with zero attached hydrogens (tertiary/aromatic N) is 1. The van der Waals surface area contributed by atoms with E-state index in [2.05, 4.69) is 15.5 Å². The SMILES string of the molecule is COC(=O)C1CCCCCC1NC(=O)c1n[nH]c2c1CCC2. The Morgan fingerprint density at radius 3 is 2.82 bits per heavy atom. The molecule has 6 nitrogen and oxygen atoms in total. The quantitative estimate of drug-likeness (QED) is 0.658. The van der Waals surface area contributed by atoms with Crippen LogP contribution < -0.4 is 5.32 Å². The van der Waals surface area contributed by atoms with Gasteiger partial charge < -0.3 is 10.1 Å². The van der Waals surface area contributed by atoms with E-state index >= 15 is 0 Å². The van der Waals surface area contributed by atoms with Crippen LogP contribution in [0.3, 0.4) is 0 Å². The van der Waals surface area contributed by atoms with Crippen molar-refractivity contribution >= 4 is 11.9 Å². The largest absolute Gasteiger partial charge is 0.469 e. The lowest BCUT2D eigenvalue weighted by molar-refractivity contribution is -0.146. The van der Waals surface area contributed by atoms with Crippen LogP contribution in [0.5, 0.6) is 0 Å². The highest BCUT2D eigenvalue weighted by Crippen LogP contribution is 2.26. The molecule has 0 aromatic carbocycles.